The predicted octanol–water partition coefficient (Wildman–Crippen LogP) is 3.56. The van der Waals surface area contributed by atoms with Crippen LogP contribution in [0.3, 0.4) is 0 Å². The lowest BCUT2D eigenvalue weighted by Crippen LogP contribution is -2.27. The van der Waals surface area contributed by atoms with Gasteiger partial charge in [-0.25, -0.2) is 0 Å². The molecule has 0 aliphatic rings. The van der Waals surface area contributed by atoms with E-state index in [4.69, 9.17) is 16.0 Å². The van der Waals surface area contributed by atoms with E-state index in [1.165, 1.54) is 11.6 Å². The van der Waals surface area contributed by atoms with Gasteiger partial charge in [-0.05, 0) is 37.1 Å². The molecular weight excluding hydrogens is 280 g/mol. The van der Waals surface area contributed by atoms with Crippen molar-refractivity contribution in [1.82, 2.24) is 5.32 Å². The number of halogens is 1. The molecule has 0 bridgehead atoms. The zero-order valence-electron chi connectivity index (χ0n) is 11.0. The van der Waals surface area contributed by atoms with Crippen molar-refractivity contribution in [2.75, 3.05) is 0 Å². The summed E-state index contributed by atoms with van der Waals surface area (Å²) in [6.45, 7) is 2.51. The van der Waals surface area contributed by atoms with Crippen LogP contribution in [0.1, 0.15) is 18.2 Å². The van der Waals surface area contributed by atoms with E-state index >= 15 is 0 Å². The molecule has 1 N–H and O–H groups in total. The summed E-state index contributed by atoms with van der Waals surface area (Å²) in [6.07, 6.45) is 0.847. The average molecular weight is 295 g/mol. The summed E-state index contributed by atoms with van der Waals surface area (Å²) in [4.78, 5) is 9.96. The van der Waals surface area contributed by atoms with E-state index in [-0.39, 0.29) is 11.9 Å². The molecule has 0 amide bonds. The number of nitro groups is 1. The number of furan rings is 1. The summed E-state index contributed by atoms with van der Waals surface area (Å²) in [6, 6.07) is 10.9. The van der Waals surface area contributed by atoms with Crippen molar-refractivity contribution in [2.24, 2.45) is 0 Å². The lowest BCUT2D eigenvalue weighted by atomic mass is 10.1. The molecular formula is C14H15ClN2O3. The highest BCUT2D eigenvalue weighted by atomic mass is 35.5. The molecule has 1 aromatic heterocycles. The topological polar surface area (TPSA) is 68.3 Å². The molecule has 0 radical (unpaired) electrons. The van der Waals surface area contributed by atoms with Crippen LogP contribution in [0.5, 0.6) is 0 Å². The number of nitrogens with one attached hydrogen (secondary N) is 1. The molecule has 0 saturated carbocycles. The first kappa shape index (κ1) is 14.6. The maximum absolute atomic E-state index is 10.5. The van der Waals surface area contributed by atoms with E-state index in [0.717, 1.165) is 11.4 Å². The van der Waals surface area contributed by atoms with Crippen LogP contribution >= 0.6 is 11.6 Å². The Labute approximate surface area is 121 Å². The summed E-state index contributed by atoms with van der Waals surface area (Å²) >= 11 is 5.83. The maximum Gasteiger partial charge on any atom is 0.433 e. The molecule has 0 saturated heterocycles. The van der Waals surface area contributed by atoms with Gasteiger partial charge in [-0.3, -0.25) is 10.1 Å². The summed E-state index contributed by atoms with van der Waals surface area (Å²) in [5.41, 5.74) is 1.18. The molecule has 0 spiro atoms. The summed E-state index contributed by atoms with van der Waals surface area (Å²) in [5, 5.41) is 14.5. The van der Waals surface area contributed by atoms with Gasteiger partial charge in [-0.1, -0.05) is 23.7 Å². The molecule has 0 aliphatic carbocycles. The van der Waals surface area contributed by atoms with Gasteiger partial charge in [0.1, 0.15) is 10.7 Å². The van der Waals surface area contributed by atoms with Gasteiger partial charge in [0.25, 0.3) is 0 Å². The molecule has 1 heterocycles. The molecule has 2 aromatic rings. The predicted molar refractivity (Wildman–Crippen MR) is 76.8 cm³/mol. The van der Waals surface area contributed by atoms with Gasteiger partial charge in [-0.2, -0.15) is 0 Å². The second-order valence-corrected chi connectivity index (χ2v) is 5.05. The fraction of sp³-hybridized carbons (Fsp3) is 0.286. The Balaban J connectivity index is 1.83. The van der Waals surface area contributed by atoms with E-state index in [0.29, 0.717) is 12.3 Å². The van der Waals surface area contributed by atoms with E-state index in [2.05, 4.69) is 5.32 Å². The third-order valence-corrected chi connectivity index (χ3v) is 3.16. The molecule has 1 atom stereocenters. The number of rotatable bonds is 6. The number of benzene rings is 1. The molecule has 1 unspecified atom stereocenters. The molecule has 1 aromatic carbocycles. The summed E-state index contributed by atoms with van der Waals surface area (Å²) < 4.78 is 5.08. The number of hydrogen-bond acceptors (Lipinski definition) is 4. The van der Waals surface area contributed by atoms with E-state index in [9.17, 15) is 10.1 Å². The lowest BCUT2D eigenvalue weighted by Gasteiger charge is -2.12. The van der Waals surface area contributed by atoms with Crippen LogP contribution in [0.2, 0.25) is 5.02 Å². The minimum Gasteiger partial charge on any atom is -0.404 e. The zero-order valence-corrected chi connectivity index (χ0v) is 11.8. The Kier molecular flexibility index (Phi) is 4.76. The zero-order chi connectivity index (χ0) is 14.5. The molecule has 2 rings (SSSR count). The largest absolute Gasteiger partial charge is 0.433 e. The van der Waals surface area contributed by atoms with Gasteiger partial charge in [0, 0.05) is 11.1 Å². The van der Waals surface area contributed by atoms with Crippen molar-refractivity contribution in [2.45, 2.75) is 25.9 Å². The molecule has 0 aliphatic heterocycles. The van der Waals surface area contributed by atoms with Crippen LogP contribution in [0.4, 0.5) is 5.88 Å². The Hall–Kier alpha value is -1.85. The third kappa shape index (κ3) is 4.08. The second kappa shape index (κ2) is 6.54. The van der Waals surface area contributed by atoms with Gasteiger partial charge in [0.2, 0.25) is 0 Å². The van der Waals surface area contributed by atoms with Crippen molar-refractivity contribution in [3.8, 4) is 0 Å². The second-order valence-electron chi connectivity index (χ2n) is 4.61. The fourth-order valence-corrected chi connectivity index (χ4v) is 2.01. The van der Waals surface area contributed by atoms with Crippen molar-refractivity contribution in [1.29, 1.82) is 0 Å². The molecule has 20 heavy (non-hydrogen) atoms. The normalized spacial score (nSPS) is 12.3. The van der Waals surface area contributed by atoms with E-state index in [1.54, 1.807) is 6.07 Å². The van der Waals surface area contributed by atoms with Crippen LogP contribution < -0.4 is 5.32 Å². The SMILES string of the molecule is CC(Cc1ccc(Cl)cc1)NCc1ccc([N+](=O)[O-])o1. The quantitative estimate of drug-likeness (QED) is 0.653. The van der Waals surface area contributed by atoms with Crippen LogP contribution in [0.15, 0.2) is 40.8 Å². The minimum absolute atomic E-state index is 0.223. The monoisotopic (exact) mass is 294 g/mol. The van der Waals surface area contributed by atoms with Crippen LogP contribution in [-0.4, -0.2) is 11.0 Å². The Morgan fingerprint density at radius 3 is 2.60 bits per heavy atom. The van der Waals surface area contributed by atoms with Gasteiger partial charge < -0.3 is 9.73 Å². The first-order valence-electron chi connectivity index (χ1n) is 6.25. The average Bonchev–Trinajstić information content (AvgIpc) is 2.88. The van der Waals surface area contributed by atoms with Crippen LogP contribution in [-0.2, 0) is 13.0 Å². The molecule has 6 heteroatoms. The van der Waals surface area contributed by atoms with E-state index < -0.39 is 4.92 Å². The van der Waals surface area contributed by atoms with Crippen molar-refractivity contribution in [3.63, 3.8) is 0 Å². The maximum atomic E-state index is 10.5. The van der Waals surface area contributed by atoms with Crippen LogP contribution in [0, 0.1) is 10.1 Å². The van der Waals surface area contributed by atoms with Gasteiger partial charge in [-0.15, -0.1) is 0 Å². The molecule has 0 fully saturated rings. The van der Waals surface area contributed by atoms with Crippen molar-refractivity contribution in [3.05, 3.63) is 62.9 Å². The Bertz CT molecular complexity index is 580. The first-order chi connectivity index (χ1) is 9.54. The standard InChI is InChI=1S/C14H15ClN2O3/c1-10(8-11-2-4-12(15)5-3-11)16-9-13-6-7-14(20-13)17(18)19/h2-7,10,16H,8-9H2,1H3. The van der Waals surface area contributed by atoms with Crippen LogP contribution in [0.25, 0.3) is 0 Å². The first-order valence-corrected chi connectivity index (χ1v) is 6.63. The van der Waals surface area contributed by atoms with Crippen molar-refractivity contribution >= 4 is 17.5 Å². The summed E-state index contributed by atoms with van der Waals surface area (Å²) in [7, 11) is 0. The fourth-order valence-electron chi connectivity index (χ4n) is 1.88. The lowest BCUT2D eigenvalue weighted by molar-refractivity contribution is -0.402. The molecule has 5 nitrogen and oxygen atoms in total. The Morgan fingerprint density at radius 2 is 2.00 bits per heavy atom. The minimum atomic E-state index is -0.541. The van der Waals surface area contributed by atoms with Crippen molar-refractivity contribution < 1.29 is 9.34 Å². The van der Waals surface area contributed by atoms with Gasteiger partial charge >= 0.3 is 5.88 Å². The highest BCUT2D eigenvalue weighted by Crippen LogP contribution is 2.16. The highest BCUT2D eigenvalue weighted by molar-refractivity contribution is 6.30. The number of hydrogen-bond donors (Lipinski definition) is 1. The number of nitrogens with zero attached hydrogens (tertiary/aromatic N) is 1. The molecule has 106 valence electrons. The highest BCUT2D eigenvalue weighted by Gasteiger charge is 2.12. The van der Waals surface area contributed by atoms with Gasteiger partial charge in [0.05, 0.1) is 12.6 Å². The summed E-state index contributed by atoms with van der Waals surface area (Å²) in [5.74, 6) is 0.326. The third-order valence-electron chi connectivity index (χ3n) is 2.91. The smallest absolute Gasteiger partial charge is 0.404 e. The van der Waals surface area contributed by atoms with Gasteiger partial charge in [0.15, 0.2) is 0 Å². The van der Waals surface area contributed by atoms with E-state index in [1.807, 2.05) is 31.2 Å². The Morgan fingerprint density at radius 1 is 1.30 bits per heavy atom.